The van der Waals surface area contributed by atoms with E-state index in [-0.39, 0.29) is 22.8 Å². The average molecular weight is 401 g/mol. The van der Waals surface area contributed by atoms with Gasteiger partial charge in [-0.05, 0) is 55.4 Å². The Bertz CT molecular complexity index is 937. The lowest BCUT2D eigenvalue weighted by molar-refractivity contribution is -0.124. The Morgan fingerprint density at radius 2 is 1.75 bits per heavy atom. The van der Waals surface area contributed by atoms with Gasteiger partial charge < -0.3 is 5.32 Å². The van der Waals surface area contributed by atoms with Gasteiger partial charge in [0.1, 0.15) is 6.04 Å². The molecule has 1 aliphatic rings. The van der Waals surface area contributed by atoms with Gasteiger partial charge in [0.2, 0.25) is 15.9 Å². The predicted molar refractivity (Wildman–Crippen MR) is 110 cm³/mol. The van der Waals surface area contributed by atoms with Crippen molar-refractivity contribution in [3.05, 3.63) is 65.2 Å². The number of aryl methyl sites for hydroxylation is 2. The Morgan fingerprint density at radius 3 is 2.43 bits per heavy atom. The summed E-state index contributed by atoms with van der Waals surface area (Å²) in [5.74, 6) is -0.466. The molecule has 0 saturated carbocycles. The van der Waals surface area contributed by atoms with Gasteiger partial charge in [0.15, 0.2) is 0 Å². The fourth-order valence-corrected chi connectivity index (χ4v) is 4.95. The third kappa shape index (κ3) is 4.62. The summed E-state index contributed by atoms with van der Waals surface area (Å²) in [6.45, 7) is 5.59. The van der Waals surface area contributed by atoms with Gasteiger partial charge >= 0.3 is 0 Å². The van der Waals surface area contributed by atoms with Gasteiger partial charge in [0.05, 0.1) is 10.9 Å². The van der Waals surface area contributed by atoms with E-state index in [2.05, 4.69) is 16.1 Å². The zero-order valence-electron chi connectivity index (χ0n) is 16.6. The summed E-state index contributed by atoms with van der Waals surface area (Å²) in [4.78, 5) is 13.2. The summed E-state index contributed by atoms with van der Waals surface area (Å²) < 4.78 is 28.1. The van der Waals surface area contributed by atoms with Crippen molar-refractivity contribution in [2.45, 2.75) is 57.0 Å². The summed E-state index contributed by atoms with van der Waals surface area (Å²) in [5, 5.41) is 3.07. The molecule has 2 aromatic rings. The molecule has 0 spiro atoms. The molecule has 1 amide bonds. The van der Waals surface area contributed by atoms with Crippen molar-refractivity contribution < 1.29 is 13.2 Å². The van der Waals surface area contributed by atoms with E-state index in [0.717, 1.165) is 30.4 Å². The number of nitrogens with one attached hydrogen (secondary N) is 2. The van der Waals surface area contributed by atoms with Crippen LogP contribution in [0.1, 0.15) is 49.4 Å². The quantitative estimate of drug-likeness (QED) is 0.779. The van der Waals surface area contributed by atoms with Crippen LogP contribution in [0.25, 0.3) is 0 Å². The highest BCUT2D eigenvalue weighted by Crippen LogP contribution is 2.29. The van der Waals surface area contributed by atoms with Crippen LogP contribution in [-0.2, 0) is 21.2 Å². The average Bonchev–Trinajstić information content (AvgIpc) is 2.66. The van der Waals surface area contributed by atoms with Gasteiger partial charge in [-0.1, -0.05) is 55.8 Å². The van der Waals surface area contributed by atoms with Gasteiger partial charge in [0, 0.05) is 0 Å². The van der Waals surface area contributed by atoms with E-state index in [9.17, 15) is 13.2 Å². The lowest BCUT2D eigenvalue weighted by atomic mass is 9.87. The molecule has 3 rings (SSSR count). The second-order valence-corrected chi connectivity index (χ2v) is 9.52. The van der Waals surface area contributed by atoms with Crippen molar-refractivity contribution in [1.82, 2.24) is 10.0 Å². The van der Waals surface area contributed by atoms with Crippen LogP contribution < -0.4 is 10.0 Å². The zero-order valence-corrected chi connectivity index (χ0v) is 17.4. The first-order valence-corrected chi connectivity index (χ1v) is 11.2. The van der Waals surface area contributed by atoms with E-state index in [1.54, 1.807) is 24.3 Å². The molecule has 0 radical (unpaired) electrons. The van der Waals surface area contributed by atoms with Crippen LogP contribution >= 0.6 is 0 Å². The minimum absolute atomic E-state index is 0.0809. The molecule has 0 fully saturated rings. The van der Waals surface area contributed by atoms with Gasteiger partial charge in [-0.3, -0.25) is 4.79 Å². The maximum absolute atomic E-state index is 13.0. The number of carbonyl (C=O) groups excluding carboxylic acids is 1. The molecule has 0 bridgehead atoms. The third-order valence-electron chi connectivity index (χ3n) is 5.25. The number of amides is 1. The first kappa shape index (κ1) is 20.6. The summed E-state index contributed by atoms with van der Waals surface area (Å²) in [6.07, 6.45) is 2.87. The number of sulfonamides is 1. The Kier molecular flexibility index (Phi) is 6.20. The van der Waals surface area contributed by atoms with E-state index < -0.39 is 16.1 Å². The molecule has 0 aromatic heterocycles. The van der Waals surface area contributed by atoms with Gasteiger partial charge in [-0.15, -0.1) is 0 Å². The second kappa shape index (κ2) is 8.45. The molecule has 0 heterocycles. The van der Waals surface area contributed by atoms with E-state index in [0.29, 0.717) is 0 Å². The summed E-state index contributed by atoms with van der Waals surface area (Å²) >= 11 is 0. The monoisotopic (exact) mass is 400 g/mol. The molecule has 0 unspecified atom stereocenters. The van der Waals surface area contributed by atoms with Crippen LogP contribution in [0.4, 0.5) is 0 Å². The standard InChI is InChI=1S/C22H28N2O3S/c1-15(2)21(24-28(26,27)18-13-11-16(3)12-14-18)22(25)23-20-10-6-8-17-7-4-5-9-19(17)20/h4-5,7,9,11-15,20-21,24H,6,8,10H2,1-3H3,(H,23,25)/t20-,21+/m1/s1. The molecular weight excluding hydrogens is 372 g/mol. The van der Waals surface area contributed by atoms with Gasteiger partial charge in [-0.25, -0.2) is 8.42 Å². The fraction of sp³-hybridized carbons (Fsp3) is 0.409. The molecule has 28 heavy (non-hydrogen) atoms. The Labute approximate surface area is 167 Å². The van der Waals surface area contributed by atoms with Crippen LogP contribution in [0.2, 0.25) is 0 Å². The van der Waals surface area contributed by atoms with E-state index in [1.165, 1.54) is 5.56 Å². The number of rotatable bonds is 6. The van der Waals surface area contributed by atoms with Crippen molar-refractivity contribution in [3.8, 4) is 0 Å². The zero-order chi connectivity index (χ0) is 20.3. The van der Waals surface area contributed by atoms with Crippen molar-refractivity contribution in [3.63, 3.8) is 0 Å². The number of hydrogen-bond acceptors (Lipinski definition) is 3. The van der Waals surface area contributed by atoms with Crippen molar-refractivity contribution >= 4 is 15.9 Å². The highest BCUT2D eigenvalue weighted by molar-refractivity contribution is 7.89. The minimum Gasteiger partial charge on any atom is -0.348 e. The van der Waals surface area contributed by atoms with Crippen molar-refractivity contribution in [2.24, 2.45) is 5.92 Å². The SMILES string of the molecule is Cc1ccc(S(=O)(=O)N[C@H](C(=O)N[C@@H]2CCCc3ccccc32)C(C)C)cc1. The lowest BCUT2D eigenvalue weighted by Crippen LogP contribution is -2.50. The maximum Gasteiger partial charge on any atom is 0.241 e. The smallest absolute Gasteiger partial charge is 0.241 e. The summed E-state index contributed by atoms with van der Waals surface area (Å²) in [6, 6.07) is 13.8. The Morgan fingerprint density at radius 1 is 1.07 bits per heavy atom. The molecule has 5 nitrogen and oxygen atoms in total. The highest BCUT2D eigenvalue weighted by Gasteiger charge is 2.31. The van der Waals surface area contributed by atoms with Crippen LogP contribution in [0.3, 0.4) is 0 Å². The molecule has 6 heteroatoms. The van der Waals surface area contributed by atoms with Crippen LogP contribution in [0.15, 0.2) is 53.4 Å². The number of carbonyl (C=O) groups is 1. The topological polar surface area (TPSA) is 75.3 Å². The van der Waals surface area contributed by atoms with Crippen molar-refractivity contribution in [1.29, 1.82) is 0 Å². The fourth-order valence-electron chi connectivity index (χ4n) is 3.61. The first-order chi connectivity index (χ1) is 13.3. The maximum atomic E-state index is 13.0. The van der Waals surface area contributed by atoms with E-state index in [1.807, 2.05) is 39.0 Å². The molecule has 2 aromatic carbocycles. The lowest BCUT2D eigenvalue weighted by Gasteiger charge is -2.29. The number of hydrogen-bond donors (Lipinski definition) is 2. The largest absolute Gasteiger partial charge is 0.348 e. The Balaban J connectivity index is 1.77. The predicted octanol–water partition coefficient (Wildman–Crippen LogP) is 3.49. The molecular formula is C22H28N2O3S. The van der Waals surface area contributed by atoms with Crippen molar-refractivity contribution in [2.75, 3.05) is 0 Å². The normalized spacial score (nSPS) is 17.8. The van der Waals surface area contributed by atoms with Crippen LogP contribution in [0.5, 0.6) is 0 Å². The molecule has 2 atom stereocenters. The highest BCUT2D eigenvalue weighted by atomic mass is 32.2. The van der Waals surface area contributed by atoms with E-state index in [4.69, 9.17) is 0 Å². The minimum atomic E-state index is -3.78. The van der Waals surface area contributed by atoms with Crippen LogP contribution in [-0.4, -0.2) is 20.4 Å². The summed E-state index contributed by atoms with van der Waals surface area (Å²) in [7, 11) is -3.78. The molecule has 1 aliphatic carbocycles. The Hall–Kier alpha value is -2.18. The number of fused-ring (bicyclic) bond motifs is 1. The molecule has 0 saturated heterocycles. The molecule has 150 valence electrons. The first-order valence-electron chi connectivity index (χ1n) is 9.75. The van der Waals surface area contributed by atoms with Gasteiger partial charge in [-0.2, -0.15) is 4.72 Å². The third-order valence-corrected chi connectivity index (χ3v) is 6.71. The van der Waals surface area contributed by atoms with E-state index >= 15 is 0 Å². The number of benzene rings is 2. The summed E-state index contributed by atoms with van der Waals surface area (Å²) in [5.41, 5.74) is 3.36. The van der Waals surface area contributed by atoms with Crippen LogP contribution in [0, 0.1) is 12.8 Å². The second-order valence-electron chi connectivity index (χ2n) is 7.81. The molecule has 2 N–H and O–H groups in total. The molecule has 0 aliphatic heterocycles. The van der Waals surface area contributed by atoms with Gasteiger partial charge in [0.25, 0.3) is 0 Å².